The van der Waals surface area contributed by atoms with Gasteiger partial charge in [0, 0.05) is 55.1 Å². The van der Waals surface area contributed by atoms with Crippen molar-refractivity contribution >= 4 is 57.3 Å². The lowest BCUT2D eigenvalue weighted by atomic mass is 10.1. The third kappa shape index (κ3) is 5.08. The smallest absolute Gasteiger partial charge is 0.290 e. The van der Waals surface area contributed by atoms with Gasteiger partial charge in [0.05, 0.1) is 5.02 Å². The summed E-state index contributed by atoms with van der Waals surface area (Å²) in [6, 6.07) is 11.8. The van der Waals surface area contributed by atoms with Crippen molar-refractivity contribution in [3.8, 4) is 5.75 Å². The highest BCUT2D eigenvalue weighted by molar-refractivity contribution is 8.14. The normalized spacial score (nSPS) is 20.8. The molecule has 34 heavy (non-hydrogen) atoms. The van der Waals surface area contributed by atoms with Crippen LogP contribution >= 0.6 is 23.4 Å². The van der Waals surface area contributed by atoms with E-state index in [1.807, 2.05) is 31.3 Å². The minimum atomic E-state index is 0.0834. The van der Waals surface area contributed by atoms with Gasteiger partial charge in [0.25, 0.3) is 6.02 Å². The summed E-state index contributed by atoms with van der Waals surface area (Å²) in [4.78, 5) is 8.97. The second-order valence-electron chi connectivity index (χ2n) is 8.01. The average Bonchev–Trinajstić information content (AvgIpc) is 3.57. The summed E-state index contributed by atoms with van der Waals surface area (Å²) in [7, 11) is 1.83. The molecular formula is C23H26ClN7O2S. The molecule has 0 bridgehead atoms. The van der Waals surface area contributed by atoms with Gasteiger partial charge in [-0.1, -0.05) is 11.6 Å². The van der Waals surface area contributed by atoms with Gasteiger partial charge in [0.15, 0.2) is 0 Å². The molecule has 0 spiro atoms. The van der Waals surface area contributed by atoms with Crippen LogP contribution in [0.2, 0.25) is 5.02 Å². The molecule has 2 unspecified atom stereocenters. The number of hydrogen-bond acceptors (Lipinski definition) is 9. The van der Waals surface area contributed by atoms with Crippen molar-refractivity contribution in [3.05, 3.63) is 47.0 Å². The number of thioether (sulfide) groups is 1. The largest absolute Gasteiger partial charge is 0.485 e. The minimum Gasteiger partial charge on any atom is -0.485 e. The third-order valence-corrected chi connectivity index (χ3v) is 6.95. The molecule has 0 aliphatic carbocycles. The van der Waals surface area contributed by atoms with Crippen molar-refractivity contribution < 1.29 is 9.47 Å². The highest BCUT2D eigenvalue weighted by Crippen LogP contribution is 2.29. The van der Waals surface area contributed by atoms with E-state index in [0.29, 0.717) is 34.7 Å². The molecule has 11 heteroatoms. The van der Waals surface area contributed by atoms with E-state index in [2.05, 4.69) is 31.3 Å². The Kier molecular flexibility index (Phi) is 6.80. The van der Waals surface area contributed by atoms with Crippen molar-refractivity contribution in [1.82, 2.24) is 5.32 Å². The van der Waals surface area contributed by atoms with Gasteiger partial charge < -0.3 is 30.7 Å². The first-order chi connectivity index (χ1) is 16.6. The van der Waals surface area contributed by atoms with Gasteiger partial charge in [0.1, 0.15) is 35.4 Å². The first-order valence-electron chi connectivity index (χ1n) is 11.1. The van der Waals surface area contributed by atoms with Crippen LogP contribution in [0, 0.1) is 5.41 Å². The van der Waals surface area contributed by atoms with Crippen molar-refractivity contribution in [2.75, 3.05) is 55.0 Å². The SMILES string of the molecule is CNc1ccc(NC2=NC3CNCC3O2)cc1C(=N)Nc1ccc(OCC2=NCCS2)c(Cl)c1. The number of hydrogen-bond donors (Lipinski definition) is 5. The number of aliphatic imine (C=N–C) groups is 2. The average molecular weight is 500 g/mol. The lowest BCUT2D eigenvalue weighted by Crippen LogP contribution is -2.23. The molecule has 0 radical (unpaired) electrons. The number of amidine groups is 2. The zero-order valence-electron chi connectivity index (χ0n) is 18.7. The molecule has 9 nitrogen and oxygen atoms in total. The summed E-state index contributed by atoms with van der Waals surface area (Å²) in [6.45, 7) is 2.89. The Hall–Kier alpha value is -2.95. The molecule has 2 aromatic rings. The van der Waals surface area contributed by atoms with E-state index in [9.17, 15) is 0 Å². The van der Waals surface area contributed by atoms with Gasteiger partial charge in [0.2, 0.25) is 0 Å². The predicted molar refractivity (Wildman–Crippen MR) is 141 cm³/mol. The van der Waals surface area contributed by atoms with Crippen molar-refractivity contribution in [1.29, 1.82) is 5.41 Å². The lowest BCUT2D eigenvalue weighted by Gasteiger charge is -2.16. The molecule has 2 atom stereocenters. The van der Waals surface area contributed by atoms with Gasteiger partial charge in [-0.3, -0.25) is 10.4 Å². The number of anilines is 3. The molecule has 5 rings (SSSR count). The quantitative estimate of drug-likeness (QED) is 0.292. The van der Waals surface area contributed by atoms with Gasteiger partial charge in [-0.2, -0.15) is 0 Å². The number of rotatable bonds is 7. The van der Waals surface area contributed by atoms with E-state index in [1.54, 1.807) is 23.9 Å². The maximum absolute atomic E-state index is 8.67. The maximum atomic E-state index is 8.67. The van der Waals surface area contributed by atoms with E-state index >= 15 is 0 Å². The Morgan fingerprint density at radius 3 is 2.91 bits per heavy atom. The van der Waals surface area contributed by atoms with Gasteiger partial charge in [-0.15, -0.1) is 11.8 Å². The molecule has 178 valence electrons. The molecular weight excluding hydrogens is 474 g/mol. The van der Waals surface area contributed by atoms with Gasteiger partial charge >= 0.3 is 0 Å². The van der Waals surface area contributed by atoms with Crippen LogP contribution < -0.4 is 26.0 Å². The molecule has 1 fully saturated rings. The number of halogens is 1. The monoisotopic (exact) mass is 499 g/mol. The van der Waals surface area contributed by atoms with Crippen LogP contribution in [0.15, 0.2) is 46.4 Å². The first-order valence-corrected chi connectivity index (χ1v) is 12.4. The van der Waals surface area contributed by atoms with E-state index < -0.39 is 0 Å². The fraction of sp³-hybridized carbons (Fsp3) is 0.348. The summed E-state index contributed by atoms with van der Waals surface area (Å²) < 4.78 is 11.7. The standard InChI is InChI=1S/C23H26ClN7O2S/c1-26-17-4-2-13(30-23-31-18-10-27-11-20(18)33-23)8-15(17)22(25)29-14-3-5-19(16(24)9-14)32-12-21-28-6-7-34-21/h2-5,8-9,18,20,26-27H,6-7,10-12H2,1H3,(H2,25,29)(H,30,31). The molecule has 1 saturated heterocycles. The zero-order chi connectivity index (χ0) is 23.5. The lowest BCUT2D eigenvalue weighted by molar-refractivity contribution is 0.224. The van der Waals surface area contributed by atoms with Crippen LogP contribution in [0.4, 0.5) is 17.1 Å². The van der Waals surface area contributed by atoms with Crippen LogP contribution in [0.3, 0.4) is 0 Å². The highest BCUT2D eigenvalue weighted by Gasteiger charge is 2.35. The fourth-order valence-electron chi connectivity index (χ4n) is 3.96. The molecule has 0 saturated carbocycles. The Morgan fingerprint density at radius 2 is 2.15 bits per heavy atom. The van der Waals surface area contributed by atoms with Gasteiger partial charge in [-0.05, 0) is 36.4 Å². The number of benzene rings is 2. The molecule has 3 aliphatic rings. The van der Waals surface area contributed by atoms with Crippen LogP contribution in [-0.2, 0) is 4.74 Å². The maximum Gasteiger partial charge on any atom is 0.290 e. The molecule has 2 aromatic carbocycles. The Bertz CT molecular complexity index is 1160. The number of nitrogens with one attached hydrogen (secondary N) is 5. The fourth-order valence-corrected chi connectivity index (χ4v) is 4.94. The molecule has 3 heterocycles. The Labute approximate surface area is 207 Å². The van der Waals surface area contributed by atoms with E-state index in [4.69, 9.17) is 26.5 Å². The molecule has 0 amide bonds. The zero-order valence-corrected chi connectivity index (χ0v) is 20.2. The van der Waals surface area contributed by atoms with Crippen molar-refractivity contribution in [2.45, 2.75) is 12.1 Å². The Balaban J connectivity index is 1.26. The summed E-state index contributed by atoms with van der Waals surface area (Å²) in [5.74, 6) is 1.82. The number of fused-ring (bicyclic) bond motifs is 1. The third-order valence-electron chi connectivity index (χ3n) is 5.68. The second kappa shape index (κ2) is 10.1. The van der Waals surface area contributed by atoms with Crippen LogP contribution in [0.5, 0.6) is 5.75 Å². The predicted octanol–water partition coefficient (Wildman–Crippen LogP) is 3.48. The second-order valence-corrected chi connectivity index (χ2v) is 9.58. The molecule has 0 aromatic heterocycles. The van der Waals surface area contributed by atoms with E-state index in [-0.39, 0.29) is 18.0 Å². The summed E-state index contributed by atoms with van der Waals surface area (Å²) in [6.07, 6.45) is 0.0834. The van der Waals surface area contributed by atoms with E-state index in [1.165, 1.54) is 0 Å². The van der Waals surface area contributed by atoms with Crippen LogP contribution in [0.25, 0.3) is 0 Å². The van der Waals surface area contributed by atoms with Crippen molar-refractivity contribution in [2.24, 2.45) is 9.98 Å². The number of ether oxygens (including phenoxy) is 2. The van der Waals surface area contributed by atoms with Crippen LogP contribution in [0.1, 0.15) is 5.56 Å². The number of nitrogens with zero attached hydrogens (tertiary/aromatic N) is 2. The summed E-state index contributed by atoms with van der Waals surface area (Å²) in [5.41, 5.74) is 3.00. The Morgan fingerprint density at radius 1 is 1.26 bits per heavy atom. The summed E-state index contributed by atoms with van der Waals surface area (Å²) in [5, 5.41) is 22.9. The molecule has 3 aliphatic heterocycles. The van der Waals surface area contributed by atoms with E-state index in [0.717, 1.165) is 41.8 Å². The van der Waals surface area contributed by atoms with Crippen LogP contribution in [-0.4, -0.2) is 68.1 Å². The highest BCUT2D eigenvalue weighted by atomic mass is 35.5. The summed E-state index contributed by atoms with van der Waals surface area (Å²) >= 11 is 8.13. The molecule has 5 N–H and O–H groups in total. The first kappa shape index (κ1) is 22.8. The topological polar surface area (TPSA) is 115 Å². The van der Waals surface area contributed by atoms with Crippen molar-refractivity contribution in [3.63, 3.8) is 0 Å². The minimum absolute atomic E-state index is 0.0834. The van der Waals surface area contributed by atoms with Gasteiger partial charge in [-0.25, -0.2) is 4.99 Å².